The third-order valence-corrected chi connectivity index (χ3v) is 5.62. The summed E-state index contributed by atoms with van der Waals surface area (Å²) in [5.41, 5.74) is 1.27. The van der Waals surface area contributed by atoms with Crippen LogP contribution in [0.25, 0.3) is 0 Å². The third-order valence-electron chi connectivity index (χ3n) is 5.62. The van der Waals surface area contributed by atoms with Crippen LogP contribution in [0.4, 0.5) is 0 Å². The number of aliphatic hydroxyl groups excluding tert-OH is 1. The highest BCUT2D eigenvalue weighted by Crippen LogP contribution is 2.36. The molecule has 2 heterocycles. The van der Waals surface area contributed by atoms with Crippen LogP contribution in [0.15, 0.2) is 48.5 Å². The van der Waals surface area contributed by atoms with Gasteiger partial charge in [-0.25, -0.2) is 0 Å². The van der Waals surface area contributed by atoms with Gasteiger partial charge in [0.1, 0.15) is 24.4 Å². The molecule has 0 aromatic heterocycles. The van der Waals surface area contributed by atoms with Gasteiger partial charge in [0.25, 0.3) is 0 Å². The van der Waals surface area contributed by atoms with Crippen LogP contribution in [0.2, 0.25) is 0 Å². The van der Waals surface area contributed by atoms with E-state index < -0.39 is 36.9 Å². The second kappa shape index (κ2) is 9.88. The number of methoxy groups -OCH3 is 1. The van der Waals surface area contributed by atoms with Gasteiger partial charge >= 0.3 is 0 Å². The van der Waals surface area contributed by atoms with E-state index in [1.54, 1.807) is 18.2 Å². The second-order valence-corrected chi connectivity index (χ2v) is 7.98. The molecule has 0 bridgehead atoms. The fourth-order valence-corrected chi connectivity index (χ4v) is 3.97. The minimum Gasteiger partial charge on any atom is -0.493 e. The van der Waals surface area contributed by atoms with E-state index in [9.17, 15) is 14.7 Å². The maximum absolute atomic E-state index is 11.9. The van der Waals surface area contributed by atoms with Crippen LogP contribution in [-0.2, 0) is 19.0 Å². The van der Waals surface area contributed by atoms with E-state index in [0.29, 0.717) is 17.1 Å². The summed E-state index contributed by atoms with van der Waals surface area (Å²) >= 11 is 0. The van der Waals surface area contributed by atoms with Gasteiger partial charge in [-0.3, -0.25) is 9.59 Å². The Balaban J connectivity index is 1.56. The molecule has 33 heavy (non-hydrogen) atoms. The van der Waals surface area contributed by atoms with Crippen molar-refractivity contribution < 1.29 is 38.4 Å². The number of ketones is 1. The number of ether oxygens (including phenoxy) is 5. The smallest absolute Gasteiger partial charge is 0.223 e. The lowest BCUT2D eigenvalue weighted by Crippen LogP contribution is -2.67. The number of nitrogens with one attached hydrogen (secondary N) is 1. The number of rotatable bonds is 6. The standard InChI is InChI=1S/C24H27NO8/c1-13(26)16-9-10-17(18(11-16)29-3)31-24-20(25-14(2)27)21(28)22-19(32-24)12-30-23(33-22)15-7-5-4-6-8-15/h4-11,19-24,28H,12H2,1-3H3,(H,25,27). The molecule has 6 unspecified atom stereocenters. The van der Waals surface area contributed by atoms with Crippen LogP contribution < -0.4 is 14.8 Å². The minimum absolute atomic E-state index is 0.118. The first-order chi connectivity index (χ1) is 15.9. The summed E-state index contributed by atoms with van der Waals surface area (Å²) in [6.45, 7) is 2.96. The Kier molecular flexibility index (Phi) is 6.94. The van der Waals surface area contributed by atoms with E-state index in [2.05, 4.69) is 5.32 Å². The van der Waals surface area contributed by atoms with E-state index in [0.717, 1.165) is 5.56 Å². The largest absolute Gasteiger partial charge is 0.493 e. The Hall–Kier alpha value is -2.98. The van der Waals surface area contributed by atoms with E-state index in [1.165, 1.54) is 21.0 Å². The van der Waals surface area contributed by atoms with Gasteiger partial charge in [-0.15, -0.1) is 0 Å². The number of Topliss-reactive ketones (excluding diaryl/α,β-unsaturated/α-hetero) is 1. The number of aliphatic hydroxyl groups is 1. The van der Waals surface area contributed by atoms with E-state index in [1.807, 2.05) is 30.3 Å². The molecule has 0 radical (unpaired) electrons. The molecular formula is C24H27NO8. The molecule has 2 N–H and O–H groups in total. The van der Waals surface area contributed by atoms with Crippen LogP contribution >= 0.6 is 0 Å². The Morgan fingerprint density at radius 1 is 1.06 bits per heavy atom. The van der Waals surface area contributed by atoms with Gasteiger partial charge in [-0.1, -0.05) is 30.3 Å². The molecule has 2 fully saturated rings. The van der Waals surface area contributed by atoms with Gasteiger partial charge in [-0.2, -0.15) is 0 Å². The van der Waals surface area contributed by atoms with Gasteiger partial charge in [0.05, 0.1) is 13.7 Å². The summed E-state index contributed by atoms with van der Waals surface area (Å²) in [4.78, 5) is 23.6. The number of amides is 1. The van der Waals surface area contributed by atoms with Gasteiger partial charge in [-0.05, 0) is 25.1 Å². The molecule has 0 aliphatic carbocycles. The average molecular weight is 457 g/mol. The van der Waals surface area contributed by atoms with Crippen molar-refractivity contribution in [2.24, 2.45) is 0 Å². The molecule has 2 aromatic carbocycles. The zero-order valence-electron chi connectivity index (χ0n) is 18.6. The summed E-state index contributed by atoms with van der Waals surface area (Å²) in [6.07, 6.45) is -4.22. The fourth-order valence-electron chi connectivity index (χ4n) is 3.97. The van der Waals surface area contributed by atoms with Crippen molar-refractivity contribution in [2.45, 2.75) is 50.8 Å². The van der Waals surface area contributed by atoms with Gasteiger partial charge in [0.2, 0.25) is 12.2 Å². The molecule has 2 saturated heterocycles. The lowest BCUT2D eigenvalue weighted by atomic mass is 9.95. The highest BCUT2D eigenvalue weighted by Gasteiger charge is 2.50. The summed E-state index contributed by atoms with van der Waals surface area (Å²) < 4.78 is 29.3. The molecule has 2 aliphatic heterocycles. The maximum Gasteiger partial charge on any atom is 0.223 e. The molecule has 0 saturated carbocycles. The number of hydrogen-bond acceptors (Lipinski definition) is 8. The molecule has 9 heteroatoms. The molecule has 1 amide bonds. The Labute approximate surface area is 191 Å². The first-order valence-electron chi connectivity index (χ1n) is 10.7. The monoisotopic (exact) mass is 457 g/mol. The van der Waals surface area contributed by atoms with E-state index >= 15 is 0 Å². The highest BCUT2D eigenvalue weighted by atomic mass is 16.7. The zero-order chi connectivity index (χ0) is 23.5. The van der Waals surface area contributed by atoms with Gasteiger partial charge in [0.15, 0.2) is 23.6 Å². The first-order valence-corrected chi connectivity index (χ1v) is 10.7. The summed E-state index contributed by atoms with van der Waals surface area (Å²) in [5.74, 6) is 0.144. The molecule has 2 aliphatic rings. The third kappa shape index (κ3) is 5.01. The number of carbonyl (C=O) groups is 2. The Morgan fingerprint density at radius 3 is 2.48 bits per heavy atom. The lowest BCUT2D eigenvalue weighted by molar-refractivity contribution is -0.333. The predicted octanol–water partition coefficient (Wildman–Crippen LogP) is 1.98. The van der Waals surface area contributed by atoms with Gasteiger partial charge < -0.3 is 34.1 Å². The first kappa shape index (κ1) is 23.2. The molecule has 6 atom stereocenters. The summed E-state index contributed by atoms with van der Waals surface area (Å²) in [6, 6.07) is 13.2. The maximum atomic E-state index is 11.9. The quantitative estimate of drug-likeness (QED) is 0.634. The predicted molar refractivity (Wildman–Crippen MR) is 116 cm³/mol. The molecule has 2 aromatic rings. The second-order valence-electron chi connectivity index (χ2n) is 7.98. The Bertz CT molecular complexity index is 997. The van der Waals surface area contributed by atoms with Crippen LogP contribution in [0.3, 0.4) is 0 Å². The van der Waals surface area contributed by atoms with Crippen molar-refractivity contribution in [2.75, 3.05) is 13.7 Å². The average Bonchev–Trinajstić information content (AvgIpc) is 2.82. The molecule has 176 valence electrons. The molecule has 0 spiro atoms. The molecule has 9 nitrogen and oxygen atoms in total. The van der Waals surface area contributed by atoms with Crippen molar-refractivity contribution in [3.05, 3.63) is 59.7 Å². The zero-order valence-corrected chi connectivity index (χ0v) is 18.6. The van der Waals surface area contributed by atoms with Crippen molar-refractivity contribution >= 4 is 11.7 Å². The van der Waals surface area contributed by atoms with Crippen molar-refractivity contribution in [3.8, 4) is 11.5 Å². The normalized spacial score (nSPS) is 29.0. The SMILES string of the molecule is COc1cc(C(C)=O)ccc1OC1OC2COC(c3ccccc3)OC2C(O)C1NC(C)=O. The topological polar surface area (TPSA) is 113 Å². The van der Waals surface area contributed by atoms with E-state index in [-0.39, 0.29) is 18.3 Å². The molecule has 4 rings (SSSR count). The number of carbonyl (C=O) groups excluding carboxylic acids is 2. The van der Waals surface area contributed by atoms with Gasteiger partial charge in [0, 0.05) is 18.1 Å². The van der Waals surface area contributed by atoms with Crippen LogP contribution in [0.5, 0.6) is 11.5 Å². The Morgan fingerprint density at radius 2 is 1.82 bits per heavy atom. The lowest BCUT2D eigenvalue weighted by Gasteiger charge is -2.47. The van der Waals surface area contributed by atoms with Crippen LogP contribution in [0, 0.1) is 0 Å². The minimum atomic E-state index is -1.13. The number of benzene rings is 2. The summed E-state index contributed by atoms with van der Waals surface area (Å²) in [7, 11) is 1.45. The van der Waals surface area contributed by atoms with Crippen molar-refractivity contribution in [3.63, 3.8) is 0 Å². The van der Waals surface area contributed by atoms with Crippen molar-refractivity contribution in [1.82, 2.24) is 5.32 Å². The number of hydrogen-bond donors (Lipinski definition) is 2. The van der Waals surface area contributed by atoms with E-state index in [4.69, 9.17) is 23.7 Å². The highest BCUT2D eigenvalue weighted by molar-refractivity contribution is 5.94. The number of fused-ring (bicyclic) bond motifs is 1. The summed E-state index contributed by atoms with van der Waals surface area (Å²) in [5, 5.41) is 13.8. The van der Waals surface area contributed by atoms with Crippen LogP contribution in [-0.4, -0.2) is 61.2 Å². The molecular weight excluding hydrogens is 430 g/mol. The van der Waals surface area contributed by atoms with Crippen molar-refractivity contribution in [1.29, 1.82) is 0 Å². The van der Waals surface area contributed by atoms with Crippen LogP contribution in [0.1, 0.15) is 36.1 Å². The fraction of sp³-hybridized carbons (Fsp3) is 0.417.